The molecule has 0 fully saturated rings. The topological polar surface area (TPSA) is 59.9 Å². The van der Waals surface area contributed by atoms with Crippen LogP contribution in [0.2, 0.25) is 0 Å². The van der Waals surface area contributed by atoms with E-state index in [0.29, 0.717) is 12.4 Å². The van der Waals surface area contributed by atoms with E-state index in [1.165, 1.54) is 0 Å². The minimum atomic E-state index is -0.328. The van der Waals surface area contributed by atoms with Crippen molar-refractivity contribution in [1.29, 1.82) is 0 Å². The number of nitrogens with one attached hydrogen (secondary N) is 1. The van der Waals surface area contributed by atoms with Crippen molar-refractivity contribution in [2.45, 2.75) is 13.8 Å². The number of ether oxygens (including phenoxy) is 2. The molecular weight excluding hydrogens is 340 g/mol. The first-order chi connectivity index (χ1) is 13.2. The van der Waals surface area contributed by atoms with Crippen molar-refractivity contribution in [1.82, 2.24) is 5.43 Å². The van der Waals surface area contributed by atoms with Gasteiger partial charge in [0, 0.05) is 5.56 Å². The van der Waals surface area contributed by atoms with E-state index in [1.54, 1.807) is 6.21 Å². The van der Waals surface area contributed by atoms with Gasteiger partial charge in [0.15, 0.2) is 6.61 Å². The lowest BCUT2D eigenvalue weighted by Gasteiger charge is -2.10. The average Bonchev–Trinajstić information content (AvgIpc) is 2.68. The van der Waals surface area contributed by atoms with E-state index in [-0.39, 0.29) is 12.5 Å². The number of hydrogen-bond donors (Lipinski definition) is 1. The third-order valence-electron chi connectivity index (χ3n) is 3.97. The zero-order chi connectivity index (χ0) is 19.1. The lowest BCUT2D eigenvalue weighted by atomic mass is 10.0. The van der Waals surface area contributed by atoms with Crippen molar-refractivity contribution >= 4 is 22.9 Å². The summed E-state index contributed by atoms with van der Waals surface area (Å²) < 4.78 is 11.2. The fourth-order valence-electron chi connectivity index (χ4n) is 2.75. The number of fused-ring (bicyclic) bond motifs is 1. The predicted molar refractivity (Wildman–Crippen MR) is 108 cm³/mol. The van der Waals surface area contributed by atoms with Gasteiger partial charge >= 0.3 is 0 Å². The smallest absolute Gasteiger partial charge is 0.277 e. The van der Waals surface area contributed by atoms with Crippen LogP contribution in [0.4, 0.5) is 0 Å². The molecule has 0 radical (unpaired) electrons. The van der Waals surface area contributed by atoms with Gasteiger partial charge in [0.25, 0.3) is 5.91 Å². The van der Waals surface area contributed by atoms with Gasteiger partial charge in [0.1, 0.15) is 11.5 Å². The first kappa shape index (κ1) is 18.5. The number of nitrogens with zero attached hydrogens (tertiary/aromatic N) is 1. The average molecular weight is 362 g/mol. The summed E-state index contributed by atoms with van der Waals surface area (Å²) in [5.41, 5.74) is 4.40. The SMILES string of the molecule is CCOc1ccc2ccccc2c1/C=N/NC(=O)COc1cccc(C)c1. The third-order valence-corrected chi connectivity index (χ3v) is 3.97. The van der Waals surface area contributed by atoms with Gasteiger partial charge in [-0.15, -0.1) is 0 Å². The summed E-state index contributed by atoms with van der Waals surface area (Å²) in [5.74, 6) is 1.05. The van der Waals surface area contributed by atoms with Crippen molar-refractivity contribution in [3.63, 3.8) is 0 Å². The summed E-state index contributed by atoms with van der Waals surface area (Å²) in [6.07, 6.45) is 1.61. The zero-order valence-corrected chi connectivity index (χ0v) is 15.4. The van der Waals surface area contributed by atoms with Gasteiger partial charge in [0.2, 0.25) is 0 Å². The van der Waals surface area contributed by atoms with Crippen LogP contribution in [0.3, 0.4) is 0 Å². The highest BCUT2D eigenvalue weighted by Crippen LogP contribution is 2.26. The van der Waals surface area contributed by atoms with Crippen LogP contribution in [0.5, 0.6) is 11.5 Å². The molecule has 0 aliphatic rings. The van der Waals surface area contributed by atoms with Gasteiger partial charge in [-0.25, -0.2) is 5.43 Å². The standard InChI is InChI=1S/C22H22N2O3/c1-3-26-21-12-11-17-8-4-5-10-19(17)20(21)14-23-24-22(25)15-27-18-9-6-7-16(2)13-18/h4-14H,3,15H2,1-2H3,(H,24,25)/b23-14+. The Morgan fingerprint density at radius 1 is 1.07 bits per heavy atom. The van der Waals surface area contributed by atoms with E-state index in [2.05, 4.69) is 10.5 Å². The number of hydrazone groups is 1. The molecule has 138 valence electrons. The molecule has 0 aromatic heterocycles. The van der Waals surface area contributed by atoms with Crippen LogP contribution in [0.25, 0.3) is 10.8 Å². The van der Waals surface area contributed by atoms with Crippen LogP contribution in [0, 0.1) is 6.92 Å². The summed E-state index contributed by atoms with van der Waals surface area (Å²) in [6.45, 7) is 4.35. The second-order valence-corrected chi connectivity index (χ2v) is 6.03. The monoisotopic (exact) mass is 362 g/mol. The Hall–Kier alpha value is -3.34. The molecule has 0 saturated heterocycles. The molecule has 0 heterocycles. The molecule has 0 aliphatic carbocycles. The molecule has 3 aromatic rings. The van der Waals surface area contributed by atoms with Gasteiger partial charge in [-0.3, -0.25) is 4.79 Å². The Kier molecular flexibility index (Phi) is 6.05. The quantitative estimate of drug-likeness (QED) is 0.509. The molecule has 1 N–H and O–H groups in total. The van der Waals surface area contributed by atoms with Gasteiger partial charge in [-0.05, 0) is 48.4 Å². The summed E-state index contributed by atoms with van der Waals surface area (Å²) >= 11 is 0. The normalized spacial score (nSPS) is 10.9. The summed E-state index contributed by atoms with van der Waals surface area (Å²) in [7, 11) is 0. The molecule has 0 saturated carbocycles. The summed E-state index contributed by atoms with van der Waals surface area (Å²) in [4.78, 5) is 12.0. The van der Waals surface area contributed by atoms with Gasteiger partial charge in [0.05, 0.1) is 12.8 Å². The molecule has 3 aromatic carbocycles. The van der Waals surface area contributed by atoms with Crippen LogP contribution in [-0.2, 0) is 4.79 Å². The van der Waals surface area contributed by atoms with Crippen LogP contribution in [0.1, 0.15) is 18.1 Å². The second-order valence-electron chi connectivity index (χ2n) is 6.03. The molecule has 0 unspecified atom stereocenters. The Balaban J connectivity index is 1.68. The number of hydrogen-bond acceptors (Lipinski definition) is 4. The Morgan fingerprint density at radius 2 is 1.93 bits per heavy atom. The molecule has 3 rings (SSSR count). The maximum atomic E-state index is 12.0. The molecule has 0 atom stereocenters. The summed E-state index contributed by atoms with van der Waals surface area (Å²) in [6, 6.07) is 19.4. The van der Waals surface area contributed by atoms with E-state index < -0.39 is 0 Å². The molecule has 0 bridgehead atoms. The maximum absolute atomic E-state index is 12.0. The highest BCUT2D eigenvalue weighted by Gasteiger charge is 2.07. The van der Waals surface area contributed by atoms with E-state index in [1.807, 2.05) is 74.5 Å². The minimum Gasteiger partial charge on any atom is -0.493 e. The molecule has 27 heavy (non-hydrogen) atoms. The Morgan fingerprint density at radius 3 is 2.74 bits per heavy atom. The third kappa shape index (κ3) is 4.85. The van der Waals surface area contributed by atoms with Crippen molar-refractivity contribution in [3.05, 3.63) is 71.8 Å². The first-order valence-corrected chi connectivity index (χ1v) is 8.83. The molecular formula is C22H22N2O3. The second kappa shape index (κ2) is 8.85. The van der Waals surface area contributed by atoms with Crippen LogP contribution >= 0.6 is 0 Å². The number of carbonyl (C=O) groups excluding carboxylic acids is 1. The lowest BCUT2D eigenvalue weighted by molar-refractivity contribution is -0.123. The largest absolute Gasteiger partial charge is 0.493 e. The Labute approximate surface area is 158 Å². The number of amides is 1. The van der Waals surface area contributed by atoms with Crippen LogP contribution in [-0.4, -0.2) is 25.3 Å². The molecule has 5 heteroatoms. The Bertz CT molecular complexity index is 967. The van der Waals surface area contributed by atoms with E-state index in [4.69, 9.17) is 9.47 Å². The predicted octanol–water partition coefficient (Wildman–Crippen LogP) is 4.08. The van der Waals surface area contributed by atoms with E-state index in [0.717, 1.165) is 27.6 Å². The number of rotatable bonds is 7. The number of benzene rings is 3. The van der Waals surface area contributed by atoms with Gasteiger partial charge < -0.3 is 9.47 Å². The number of aryl methyl sites for hydroxylation is 1. The highest BCUT2D eigenvalue weighted by atomic mass is 16.5. The molecule has 0 spiro atoms. The fourth-order valence-corrected chi connectivity index (χ4v) is 2.75. The fraction of sp³-hybridized carbons (Fsp3) is 0.182. The number of carbonyl (C=O) groups is 1. The van der Waals surface area contributed by atoms with Crippen molar-refractivity contribution in [3.8, 4) is 11.5 Å². The van der Waals surface area contributed by atoms with Crippen LogP contribution < -0.4 is 14.9 Å². The maximum Gasteiger partial charge on any atom is 0.277 e. The molecule has 5 nitrogen and oxygen atoms in total. The van der Waals surface area contributed by atoms with Crippen molar-refractivity contribution in [2.75, 3.05) is 13.2 Å². The van der Waals surface area contributed by atoms with Crippen molar-refractivity contribution < 1.29 is 14.3 Å². The zero-order valence-electron chi connectivity index (χ0n) is 15.4. The minimum absolute atomic E-state index is 0.103. The first-order valence-electron chi connectivity index (χ1n) is 8.83. The van der Waals surface area contributed by atoms with Gasteiger partial charge in [-0.1, -0.05) is 42.5 Å². The van der Waals surface area contributed by atoms with Gasteiger partial charge in [-0.2, -0.15) is 5.10 Å². The van der Waals surface area contributed by atoms with E-state index in [9.17, 15) is 4.79 Å². The van der Waals surface area contributed by atoms with Crippen molar-refractivity contribution in [2.24, 2.45) is 5.10 Å². The lowest BCUT2D eigenvalue weighted by Crippen LogP contribution is -2.24. The molecule has 1 amide bonds. The molecule has 0 aliphatic heterocycles. The van der Waals surface area contributed by atoms with Crippen LogP contribution in [0.15, 0.2) is 65.8 Å². The summed E-state index contributed by atoms with van der Waals surface area (Å²) in [5, 5.41) is 6.17. The highest BCUT2D eigenvalue weighted by molar-refractivity contribution is 6.02. The van der Waals surface area contributed by atoms with E-state index >= 15 is 0 Å².